The van der Waals surface area contributed by atoms with Gasteiger partial charge in [0.1, 0.15) is 5.75 Å². The van der Waals surface area contributed by atoms with Crippen molar-refractivity contribution in [3.63, 3.8) is 0 Å². The minimum Gasteiger partial charge on any atom is -0.484 e. The lowest BCUT2D eigenvalue weighted by Gasteiger charge is -2.35. The second kappa shape index (κ2) is 10.7. The molecule has 8 nitrogen and oxygen atoms in total. The summed E-state index contributed by atoms with van der Waals surface area (Å²) in [4.78, 5) is 34.3. The maximum atomic E-state index is 13.2. The molecule has 1 aromatic heterocycles. The van der Waals surface area contributed by atoms with Gasteiger partial charge in [-0.2, -0.15) is 4.98 Å². The highest BCUT2D eigenvalue weighted by Gasteiger charge is 2.26. The van der Waals surface area contributed by atoms with Crippen LogP contribution in [0.5, 0.6) is 5.75 Å². The average molecular weight is 487 g/mol. The van der Waals surface area contributed by atoms with E-state index < -0.39 is 0 Å². The molecule has 33 heavy (non-hydrogen) atoms. The largest absolute Gasteiger partial charge is 0.484 e. The van der Waals surface area contributed by atoms with Gasteiger partial charge in [0.2, 0.25) is 5.89 Å². The van der Waals surface area contributed by atoms with Gasteiger partial charge in [-0.1, -0.05) is 28.9 Å². The fourth-order valence-corrected chi connectivity index (χ4v) is 4.42. The minimum atomic E-state index is -0.108. The van der Waals surface area contributed by atoms with Crippen LogP contribution in [0.2, 0.25) is 5.02 Å². The van der Waals surface area contributed by atoms with Crippen LogP contribution in [0, 0.1) is 6.92 Å². The number of aromatic nitrogens is 2. The van der Waals surface area contributed by atoms with Crippen molar-refractivity contribution in [2.75, 3.05) is 32.8 Å². The molecule has 1 aliphatic heterocycles. The molecule has 0 aliphatic carbocycles. The third kappa shape index (κ3) is 6.06. The smallest absolute Gasteiger partial charge is 0.260 e. The number of benzene rings is 2. The zero-order chi connectivity index (χ0) is 23.2. The van der Waals surface area contributed by atoms with Gasteiger partial charge < -0.3 is 19.1 Å². The number of rotatable bonds is 7. The number of ether oxygens (including phenoxy) is 1. The van der Waals surface area contributed by atoms with Crippen LogP contribution in [0.4, 0.5) is 0 Å². The van der Waals surface area contributed by atoms with E-state index in [1.165, 1.54) is 11.8 Å². The number of hydrogen-bond acceptors (Lipinski definition) is 7. The van der Waals surface area contributed by atoms with Crippen molar-refractivity contribution >= 4 is 35.2 Å². The number of carbonyl (C=O) groups excluding carboxylic acids is 2. The number of aryl methyl sites for hydroxylation is 1. The maximum Gasteiger partial charge on any atom is 0.260 e. The van der Waals surface area contributed by atoms with Crippen LogP contribution in [-0.4, -0.2) is 64.5 Å². The average Bonchev–Trinajstić information content (AvgIpc) is 3.27. The van der Waals surface area contributed by atoms with Gasteiger partial charge in [-0.15, -0.1) is 11.8 Å². The van der Waals surface area contributed by atoms with Crippen molar-refractivity contribution < 1.29 is 18.8 Å². The van der Waals surface area contributed by atoms with Crippen LogP contribution in [0.1, 0.15) is 22.1 Å². The summed E-state index contributed by atoms with van der Waals surface area (Å²) in [7, 11) is 0. The molecule has 0 spiro atoms. The van der Waals surface area contributed by atoms with Crippen LogP contribution >= 0.6 is 23.4 Å². The first-order chi connectivity index (χ1) is 16.0. The van der Waals surface area contributed by atoms with E-state index in [-0.39, 0.29) is 18.4 Å². The molecule has 3 aromatic rings. The molecule has 10 heteroatoms. The molecule has 1 saturated heterocycles. The Balaban J connectivity index is 1.30. The molecule has 1 fully saturated rings. The van der Waals surface area contributed by atoms with Crippen molar-refractivity contribution in [3.05, 3.63) is 70.8 Å². The molecule has 0 saturated carbocycles. The normalized spacial score (nSPS) is 13.8. The summed E-state index contributed by atoms with van der Waals surface area (Å²) >= 11 is 7.36. The lowest BCUT2D eigenvalue weighted by molar-refractivity contribution is -0.134. The third-order valence-corrected chi connectivity index (χ3v) is 6.46. The van der Waals surface area contributed by atoms with Gasteiger partial charge >= 0.3 is 0 Å². The number of halogens is 1. The molecule has 1 aliphatic rings. The Morgan fingerprint density at radius 2 is 1.76 bits per heavy atom. The lowest BCUT2D eigenvalue weighted by Crippen LogP contribution is -2.51. The number of thioether (sulfide) groups is 1. The molecular formula is C23H23ClN4O4S. The van der Waals surface area contributed by atoms with Gasteiger partial charge in [0.15, 0.2) is 12.4 Å². The lowest BCUT2D eigenvalue weighted by atomic mass is 10.2. The minimum absolute atomic E-state index is 0.0492. The van der Waals surface area contributed by atoms with Gasteiger partial charge in [-0.3, -0.25) is 9.59 Å². The zero-order valence-electron chi connectivity index (χ0n) is 18.1. The molecule has 172 valence electrons. The van der Waals surface area contributed by atoms with Crippen molar-refractivity contribution in [1.82, 2.24) is 19.9 Å². The SMILES string of the molecule is Cc1nc(CSc2ccccc2C(=O)N2CCN(C(=O)COc3ccc(Cl)cc3)CC2)no1. The van der Waals surface area contributed by atoms with Crippen molar-refractivity contribution in [2.24, 2.45) is 0 Å². The Hall–Kier alpha value is -3.04. The van der Waals surface area contributed by atoms with Gasteiger partial charge in [-0.05, 0) is 36.4 Å². The summed E-state index contributed by atoms with van der Waals surface area (Å²) in [6.07, 6.45) is 0. The Kier molecular flexibility index (Phi) is 7.51. The van der Waals surface area contributed by atoms with Gasteiger partial charge in [0, 0.05) is 43.0 Å². The monoisotopic (exact) mass is 486 g/mol. The van der Waals surface area contributed by atoms with E-state index in [1.807, 2.05) is 24.3 Å². The topological polar surface area (TPSA) is 88.8 Å². The predicted octanol–water partition coefficient (Wildman–Crippen LogP) is 3.69. The quantitative estimate of drug-likeness (QED) is 0.470. The Labute approximate surface area is 200 Å². The molecule has 2 amide bonds. The van der Waals surface area contributed by atoms with E-state index in [0.29, 0.717) is 60.0 Å². The van der Waals surface area contributed by atoms with Gasteiger partial charge in [0.05, 0.1) is 11.3 Å². The molecule has 2 heterocycles. The predicted molar refractivity (Wildman–Crippen MR) is 124 cm³/mol. The number of nitrogens with zero attached hydrogens (tertiary/aromatic N) is 4. The molecule has 4 rings (SSSR count). The van der Waals surface area contributed by atoms with E-state index in [2.05, 4.69) is 10.1 Å². The van der Waals surface area contributed by atoms with Crippen LogP contribution in [0.15, 0.2) is 57.9 Å². The molecule has 0 bridgehead atoms. The Bertz CT molecular complexity index is 1110. The van der Waals surface area contributed by atoms with E-state index >= 15 is 0 Å². The number of hydrogen-bond donors (Lipinski definition) is 0. The zero-order valence-corrected chi connectivity index (χ0v) is 19.6. The molecular weight excluding hydrogens is 464 g/mol. The first-order valence-corrected chi connectivity index (χ1v) is 11.8. The van der Waals surface area contributed by atoms with Crippen LogP contribution < -0.4 is 4.74 Å². The molecule has 0 N–H and O–H groups in total. The van der Waals surface area contributed by atoms with Crippen LogP contribution in [0.3, 0.4) is 0 Å². The fraction of sp³-hybridized carbons (Fsp3) is 0.304. The highest BCUT2D eigenvalue weighted by molar-refractivity contribution is 7.98. The summed E-state index contributed by atoms with van der Waals surface area (Å²) in [6, 6.07) is 14.4. The van der Waals surface area contributed by atoms with Crippen molar-refractivity contribution in [2.45, 2.75) is 17.6 Å². The Morgan fingerprint density at radius 3 is 2.45 bits per heavy atom. The first-order valence-electron chi connectivity index (χ1n) is 10.5. The number of carbonyl (C=O) groups is 2. The summed E-state index contributed by atoms with van der Waals surface area (Å²) in [5, 5.41) is 4.51. The Morgan fingerprint density at radius 1 is 1.06 bits per heavy atom. The molecule has 0 atom stereocenters. The summed E-state index contributed by atoms with van der Waals surface area (Å²) in [6.45, 7) is 3.55. The summed E-state index contributed by atoms with van der Waals surface area (Å²) < 4.78 is 10.6. The van der Waals surface area contributed by atoms with Crippen LogP contribution in [0.25, 0.3) is 0 Å². The van der Waals surface area contributed by atoms with E-state index in [0.717, 1.165) is 4.90 Å². The highest BCUT2D eigenvalue weighted by Crippen LogP contribution is 2.27. The maximum absolute atomic E-state index is 13.2. The second-order valence-electron chi connectivity index (χ2n) is 7.43. The summed E-state index contributed by atoms with van der Waals surface area (Å²) in [5.41, 5.74) is 0.633. The van der Waals surface area contributed by atoms with E-state index in [9.17, 15) is 9.59 Å². The fourth-order valence-electron chi connectivity index (χ4n) is 3.41. The molecule has 2 aromatic carbocycles. The van der Waals surface area contributed by atoms with E-state index in [4.69, 9.17) is 20.9 Å². The van der Waals surface area contributed by atoms with Crippen molar-refractivity contribution in [3.8, 4) is 5.75 Å². The van der Waals surface area contributed by atoms with E-state index in [1.54, 1.807) is 41.0 Å². The van der Waals surface area contributed by atoms with Gasteiger partial charge in [0.25, 0.3) is 11.8 Å². The van der Waals surface area contributed by atoms with Crippen LogP contribution in [-0.2, 0) is 10.5 Å². The van der Waals surface area contributed by atoms with Gasteiger partial charge in [-0.25, -0.2) is 0 Å². The molecule has 0 radical (unpaired) electrons. The highest BCUT2D eigenvalue weighted by atomic mass is 35.5. The summed E-state index contributed by atoms with van der Waals surface area (Å²) in [5.74, 6) is 2.05. The third-order valence-electron chi connectivity index (χ3n) is 5.14. The second-order valence-corrected chi connectivity index (χ2v) is 8.88. The molecule has 0 unspecified atom stereocenters. The number of piperazine rings is 1. The number of amides is 2. The standard InChI is InChI=1S/C23H23ClN4O4S/c1-16-25-21(26-32-16)15-33-20-5-3-2-4-19(20)23(30)28-12-10-27(11-13-28)22(29)14-31-18-8-6-17(24)7-9-18/h2-9H,10-15H2,1H3. The van der Waals surface area contributed by atoms with Crippen molar-refractivity contribution in [1.29, 1.82) is 0 Å². The first kappa shape index (κ1) is 23.1.